The van der Waals surface area contributed by atoms with Gasteiger partial charge in [0.25, 0.3) is 9.84 Å². The van der Waals surface area contributed by atoms with Gasteiger partial charge in [-0.3, -0.25) is 0 Å². The Kier molecular flexibility index (Phi) is 14.8. The fraction of sp³-hybridized carbons (Fsp3) is 0.586. The average Bonchev–Trinajstić information content (AvgIpc) is 2.90. The molecule has 3 N–H and O–H groups in total. The van der Waals surface area contributed by atoms with Crippen LogP contribution in [0, 0.1) is 0 Å². The molecule has 1 unspecified atom stereocenters. The molecule has 0 aliphatic heterocycles. The zero-order chi connectivity index (χ0) is 35.0. The number of nitrogens with two attached hydrogens (primary N) is 1. The number of nitrogens with zero attached hydrogens (tertiary/aromatic N) is 1. The molecule has 0 aliphatic rings. The number of alkyl halides is 3. The van der Waals surface area contributed by atoms with Gasteiger partial charge < -0.3 is 23.8 Å². The van der Waals surface area contributed by atoms with Crippen LogP contribution in [-0.4, -0.2) is 76.5 Å². The van der Waals surface area contributed by atoms with Gasteiger partial charge in [-0.25, -0.2) is 22.0 Å². The van der Waals surface area contributed by atoms with Gasteiger partial charge in [-0.2, -0.15) is 13.2 Å². The van der Waals surface area contributed by atoms with Crippen molar-refractivity contribution < 1.29 is 43.6 Å². The summed E-state index contributed by atoms with van der Waals surface area (Å²) in [5.74, 6) is 0.366. The molecule has 0 saturated carbocycles. The largest absolute Gasteiger partial charge is 0.501 e. The predicted molar refractivity (Wildman–Crippen MR) is 177 cm³/mol. The normalized spacial score (nSPS) is 14.2. The molecule has 46 heavy (non-hydrogen) atoms. The smallest absolute Gasteiger partial charge is 0.380 e. The van der Waals surface area contributed by atoms with E-state index in [1.807, 2.05) is 78.8 Å². The quantitative estimate of drug-likeness (QED) is 0.132. The van der Waals surface area contributed by atoms with E-state index < -0.39 is 61.0 Å². The number of hydrogen-bond acceptors (Lipinski definition) is 10. The first-order chi connectivity index (χ1) is 21.0. The molecule has 262 valence electrons. The van der Waals surface area contributed by atoms with Crippen LogP contribution in [0.5, 0.6) is 0 Å². The molecule has 0 aromatic heterocycles. The van der Waals surface area contributed by atoms with Crippen LogP contribution in [0.4, 0.5) is 18.9 Å². The summed E-state index contributed by atoms with van der Waals surface area (Å²) in [6.45, 7) is 15.3. The summed E-state index contributed by atoms with van der Waals surface area (Å²) in [7, 11) is -12.0. The molecule has 0 radical (unpaired) electrons. The molecule has 1 atom stereocenters. The van der Waals surface area contributed by atoms with Crippen molar-refractivity contribution in [2.45, 2.75) is 92.3 Å². The van der Waals surface area contributed by atoms with Crippen molar-refractivity contribution in [3.8, 4) is 0 Å². The number of hydrogen-bond donors (Lipinski definition) is 2. The van der Waals surface area contributed by atoms with Gasteiger partial charge in [-0.1, -0.05) is 25.1 Å². The first kappa shape index (κ1) is 40.7. The molecule has 2 rings (SSSR count). The van der Waals surface area contributed by atoms with E-state index in [1.165, 1.54) is 11.8 Å². The fourth-order valence-electron chi connectivity index (χ4n) is 3.81. The second-order valence-electron chi connectivity index (χ2n) is 12.3. The highest BCUT2D eigenvalue weighted by Crippen LogP contribution is 2.47. The van der Waals surface area contributed by atoms with E-state index >= 15 is 0 Å². The lowest BCUT2D eigenvalue weighted by molar-refractivity contribution is -0.0436. The summed E-state index contributed by atoms with van der Waals surface area (Å²) < 4.78 is 108. The van der Waals surface area contributed by atoms with Crippen molar-refractivity contribution in [3.63, 3.8) is 0 Å². The maximum atomic E-state index is 13.7. The van der Waals surface area contributed by atoms with Crippen LogP contribution >= 0.6 is 20.4 Å². The molecule has 0 spiro atoms. The molecule has 10 nitrogen and oxygen atoms in total. The lowest BCUT2D eigenvalue weighted by atomic mass is 10.2. The Bertz CT molecular complexity index is 1450. The minimum Gasteiger partial charge on any atom is -0.380 e. The van der Waals surface area contributed by atoms with Crippen LogP contribution in [0.3, 0.4) is 0 Å². The van der Waals surface area contributed by atoms with E-state index in [2.05, 4.69) is 10.2 Å². The lowest BCUT2D eigenvalue weighted by Crippen LogP contribution is -2.34. The van der Waals surface area contributed by atoms with E-state index in [0.29, 0.717) is 44.5 Å². The van der Waals surface area contributed by atoms with E-state index in [4.69, 9.17) is 18.7 Å². The average molecular weight is 732 g/mol. The van der Waals surface area contributed by atoms with Crippen LogP contribution < -0.4 is 10.5 Å². The number of primary sulfonamides is 1. The standard InChI is InChI=1S/C29H45F3N3O7PS3/c1-8-35(18-19-40-43(41-27(2,3)4)42-28(5,6)7)17-16-22(21-44-23-12-10-9-11-13-23)34-25-15-14-24(46(33,38)39)20-26(25)45(36,37)29(30,31)32/h9-15,20,22,34H,8,16-19,21H2,1-7H3,(H2,33,38,39). The Hall–Kier alpha value is -1.49. The number of thioether (sulfide) groups is 1. The highest BCUT2D eigenvalue weighted by atomic mass is 32.2. The van der Waals surface area contributed by atoms with Gasteiger partial charge in [0.05, 0.1) is 28.4 Å². The van der Waals surface area contributed by atoms with E-state index in [9.17, 15) is 30.0 Å². The molecular weight excluding hydrogens is 687 g/mol. The molecule has 0 fully saturated rings. The van der Waals surface area contributed by atoms with Gasteiger partial charge in [-0.05, 0) is 84.8 Å². The molecule has 0 heterocycles. The number of likely N-dealkylation sites (N-methyl/N-ethyl adjacent to an activating group) is 1. The molecule has 0 amide bonds. The molecule has 17 heteroatoms. The summed E-state index contributed by atoms with van der Waals surface area (Å²) in [6, 6.07) is 11.2. The van der Waals surface area contributed by atoms with Gasteiger partial charge in [0.1, 0.15) is 4.90 Å². The summed E-state index contributed by atoms with van der Waals surface area (Å²) in [4.78, 5) is 1.03. The number of benzene rings is 2. The van der Waals surface area contributed by atoms with Crippen LogP contribution in [0.1, 0.15) is 54.9 Å². The highest BCUT2D eigenvalue weighted by Gasteiger charge is 2.48. The second kappa shape index (κ2) is 16.8. The van der Waals surface area contributed by atoms with Gasteiger partial charge in [0, 0.05) is 29.8 Å². The van der Waals surface area contributed by atoms with Crippen molar-refractivity contribution >= 4 is 45.9 Å². The van der Waals surface area contributed by atoms with Crippen molar-refractivity contribution in [2.75, 3.05) is 37.3 Å². The van der Waals surface area contributed by atoms with E-state index in [1.54, 1.807) is 0 Å². The van der Waals surface area contributed by atoms with Crippen LogP contribution in [0.15, 0.2) is 63.2 Å². The van der Waals surface area contributed by atoms with Gasteiger partial charge in [0.2, 0.25) is 10.0 Å². The Balaban J connectivity index is 2.28. The topological polar surface area (TPSA) is 137 Å². The molecule has 2 aromatic carbocycles. The minimum absolute atomic E-state index is 0.297. The summed E-state index contributed by atoms with van der Waals surface area (Å²) >= 11 is 1.44. The monoisotopic (exact) mass is 731 g/mol. The third-order valence-corrected chi connectivity index (χ3v) is 11.4. The molecular formula is C29H45F3N3O7PS3. The number of rotatable bonds is 17. The zero-order valence-electron chi connectivity index (χ0n) is 27.1. The molecule has 0 saturated heterocycles. The number of sulfonamides is 1. The van der Waals surface area contributed by atoms with Crippen LogP contribution in [0.2, 0.25) is 0 Å². The summed E-state index contributed by atoms with van der Waals surface area (Å²) in [5.41, 5.74) is -7.01. The first-order valence-electron chi connectivity index (χ1n) is 14.5. The van der Waals surface area contributed by atoms with Crippen LogP contribution in [-0.2, 0) is 33.4 Å². The molecule has 2 aromatic rings. The van der Waals surface area contributed by atoms with Gasteiger partial charge >= 0.3 is 14.1 Å². The van der Waals surface area contributed by atoms with Crippen molar-refractivity contribution in [3.05, 3.63) is 48.5 Å². The Morgan fingerprint density at radius 1 is 0.935 bits per heavy atom. The molecule has 0 aliphatic carbocycles. The second-order valence-corrected chi connectivity index (χ2v) is 17.9. The number of anilines is 1. The Morgan fingerprint density at radius 3 is 2.02 bits per heavy atom. The maximum Gasteiger partial charge on any atom is 0.501 e. The van der Waals surface area contributed by atoms with Crippen molar-refractivity contribution in [2.24, 2.45) is 5.14 Å². The predicted octanol–water partition coefficient (Wildman–Crippen LogP) is 6.79. The number of halogens is 3. The van der Waals surface area contributed by atoms with Crippen molar-refractivity contribution in [1.82, 2.24) is 4.90 Å². The Labute approximate surface area is 276 Å². The summed E-state index contributed by atoms with van der Waals surface area (Å²) in [6.07, 6.45) is 0.405. The minimum atomic E-state index is -5.92. The first-order valence-corrected chi connectivity index (χ1v) is 19.6. The maximum absolute atomic E-state index is 13.7. The zero-order valence-corrected chi connectivity index (χ0v) is 30.5. The highest BCUT2D eigenvalue weighted by molar-refractivity contribution is 7.99. The fourth-order valence-corrected chi connectivity index (χ4v) is 7.63. The third kappa shape index (κ3) is 13.9. The number of sulfone groups is 1. The van der Waals surface area contributed by atoms with E-state index in [0.717, 1.165) is 17.0 Å². The van der Waals surface area contributed by atoms with Crippen LogP contribution in [0.25, 0.3) is 0 Å². The van der Waals surface area contributed by atoms with E-state index in [-0.39, 0.29) is 5.69 Å². The van der Waals surface area contributed by atoms with Gasteiger partial charge in [0.15, 0.2) is 0 Å². The van der Waals surface area contributed by atoms with Crippen molar-refractivity contribution in [1.29, 1.82) is 0 Å². The SMILES string of the molecule is CCN(CCOP(OC(C)(C)C)OC(C)(C)C)CCC(CSc1ccccc1)Nc1ccc(S(N)(=O)=O)cc1S(=O)(=O)C(F)(F)F. The molecule has 0 bridgehead atoms. The number of nitrogens with one attached hydrogen (secondary N) is 1. The lowest BCUT2D eigenvalue weighted by Gasteiger charge is -2.31. The Morgan fingerprint density at radius 2 is 1.52 bits per heavy atom. The summed E-state index contributed by atoms with van der Waals surface area (Å²) in [5, 5.41) is 8.05. The third-order valence-electron chi connectivity index (χ3n) is 5.97. The van der Waals surface area contributed by atoms with Gasteiger partial charge in [-0.15, -0.1) is 11.8 Å².